The zero-order chi connectivity index (χ0) is 28.5. The fourth-order valence-electron chi connectivity index (χ4n) is 3.70. The van der Waals surface area contributed by atoms with Crippen LogP contribution >= 0.6 is 0 Å². The highest BCUT2D eigenvalue weighted by molar-refractivity contribution is 5.77. The molecule has 0 spiro atoms. The van der Waals surface area contributed by atoms with Gasteiger partial charge in [0.25, 0.3) is 5.56 Å². The molecule has 3 rings (SSSR count). The number of hydrazine groups is 1. The molecule has 0 unspecified atom stereocenters. The second kappa shape index (κ2) is 13.4. The number of nitrogens with one attached hydrogen (secondary N) is 3. The number of nitrogens with two attached hydrogens (primary N) is 1. The summed E-state index contributed by atoms with van der Waals surface area (Å²) in [6.45, 7) is 3.62. The SMILES string of the molecule is Cc1nc(N)ccc1CNC(=O)Cn1c(C)cnc(NNC(=O)CC2CCCC2)c1=O.O=C(O)C(F)(F)F. The van der Waals surface area contributed by atoms with Gasteiger partial charge < -0.3 is 16.2 Å². The molecule has 15 heteroatoms. The Kier molecular flexibility index (Phi) is 10.6. The largest absolute Gasteiger partial charge is 0.490 e. The number of carbonyl (C=O) groups is 3. The van der Waals surface area contributed by atoms with Gasteiger partial charge in [-0.05, 0) is 44.2 Å². The van der Waals surface area contributed by atoms with E-state index in [9.17, 15) is 27.6 Å². The van der Waals surface area contributed by atoms with Gasteiger partial charge in [0.05, 0.1) is 0 Å². The first-order chi connectivity index (χ1) is 17.8. The first-order valence-corrected chi connectivity index (χ1v) is 11.7. The molecule has 0 saturated heterocycles. The number of amides is 2. The van der Waals surface area contributed by atoms with Crippen LogP contribution < -0.4 is 27.5 Å². The van der Waals surface area contributed by atoms with Gasteiger partial charge in [0.2, 0.25) is 17.6 Å². The highest BCUT2D eigenvalue weighted by atomic mass is 19.4. The minimum atomic E-state index is -5.08. The van der Waals surface area contributed by atoms with E-state index in [4.69, 9.17) is 15.6 Å². The lowest BCUT2D eigenvalue weighted by Gasteiger charge is -2.14. The summed E-state index contributed by atoms with van der Waals surface area (Å²) >= 11 is 0. The smallest absolute Gasteiger partial charge is 0.475 e. The Labute approximate surface area is 215 Å². The molecule has 12 nitrogen and oxygen atoms in total. The Bertz CT molecular complexity index is 1210. The van der Waals surface area contributed by atoms with Crippen LogP contribution in [0.25, 0.3) is 0 Å². The summed E-state index contributed by atoms with van der Waals surface area (Å²) in [5.74, 6) is -2.48. The molecule has 208 valence electrons. The van der Waals surface area contributed by atoms with Gasteiger partial charge in [-0.15, -0.1) is 0 Å². The van der Waals surface area contributed by atoms with Crippen LogP contribution in [0.15, 0.2) is 23.1 Å². The van der Waals surface area contributed by atoms with E-state index in [-0.39, 0.29) is 30.7 Å². The van der Waals surface area contributed by atoms with Gasteiger partial charge in [-0.25, -0.2) is 14.8 Å². The molecule has 1 aliphatic carbocycles. The topological polar surface area (TPSA) is 181 Å². The molecule has 2 amide bonds. The van der Waals surface area contributed by atoms with Crippen molar-refractivity contribution in [2.24, 2.45) is 5.92 Å². The van der Waals surface area contributed by atoms with E-state index in [1.165, 1.54) is 10.8 Å². The van der Waals surface area contributed by atoms with E-state index in [0.717, 1.165) is 36.9 Å². The normalized spacial score (nSPS) is 13.3. The van der Waals surface area contributed by atoms with E-state index in [1.807, 2.05) is 6.92 Å². The van der Waals surface area contributed by atoms with Crippen LogP contribution in [0.2, 0.25) is 0 Å². The molecular formula is C23H30F3N7O5. The van der Waals surface area contributed by atoms with Gasteiger partial charge in [0.15, 0.2) is 0 Å². The van der Waals surface area contributed by atoms with Crippen molar-refractivity contribution < 1.29 is 32.7 Å². The standard InChI is InChI=1S/C21H29N7O3.C2HF3O2/c1-13-10-24-20(27-26-18(29)9-15-5-3-4-6-15)21(31)28(13)12-19(30)23-11-16-7-8-17(22)25-14(16)2;3-2(4,5)1(6)7/h7-8,10,15H,3-6,9,11-12H2,1-2H3,(H2,22,25)(H,23,30)(H,24,27)(H,26,29);(H,6,7). The minimum absolute atomic E-state index is 0.0308. The Morgan fingerprint density at radius 3 is 2.37 bits per heavy atom. The van der Waals surface area contributed by atoms with Crippen molar-refractivity contribution in [3.05, 3.63) is 45.6 Å². The van der Waals surface area contributed by atoms with Crippen molar-refractivity contribution in [3.63, 3.8) is 0 Å². The minimum Gasteiger partial charge on any atom is -0.475 e. The summed E-state index contributed by atoms with van der Waals surface area (Å²) in [5.41, 5.74) is 12.4. The van der Waals surface area contributed by atoms with E-state index in [1.54, 1.807) is 19.1 Å². The number of hydrogen-bond donors (Lipinski definition) is 5. The number of rotatable bonds is 8. The van der Waals surface area contributed by atoms with Crippen molar-refractivity contribution in [3.8, 4) is 0 Å². The average molecular weight is 542 g/mol. The first kappa shape index (κ1) is 30.1. The highest BCUT2D eigenvalue weighted by Gasteiger charge is 2.38. The van der Waals surface area contributed by atoms with Gasteiger partial charge in [0.1, 0.15) is 12.4 Å². The number of aryl methyl sites for hydroxylation is 2. The predicted octanol–water partition coefficient (Wildman–Crippen LogP) is 1.81. The second-order valence-electron chi connectivity index (χ2n) is 8.73. The number of carboxylic acid groups (broad SMARTS) is 1. The van der Waals surface area contributed by atoms with Gasteiger partial charge in [-0.3, -0.25) is 29.8 Å². The van der Waals surface area contributed by atoms with Crippen molar-refractivity contribution in [1.82, 2.24) is 25.3 Å². The number of carbonyl (C=O) groups excluding carboxylic acids is 2. The second-order valence-corrected chi connectivity index (χ2v) is 8.73. The summed E-state index contributed by atoms with van der Waals surface area (Å²) in [6, 6.07) is 3.48. The number of alkyl halides is 3. The van der Waals surface area contributed by atoms with Crippen LogP contribution in [-0.4, -0.2) is 43.6 Å². The van der Waals surface area contributed by atoms with Gasteiger partial charge in [-0.2, -0.15) is 13.2 Å². The Morgan fingerprint density at radius 2 is 1.79 bits per heavy atom. The maximum atomic E-state index is 12.7. The number of nitrogen functional groups attached to an aromatic ring is 1. The number of aromatic nitrogens is 3. The third-order valence-electron chi connectivity index (χ3n) is 5.76. The molecule has 0 bridgehead atoms. The number of pyridine rings is 1. The molecular weight excluding hydrogens is 511 g/mol. The van der Waals surface area contributed by atoms with E-state index < -0.39 is 17.7 Å². The molecule has 0 aromatic carbocycles. The van der Waals surface area contributed by atoms with E-state index in [2.05, 4.69) is 26.1 Å². The highest BCUT2D eigenvalue weighted by Crippen LogP contribution is 2.27. The molecule has 38 heavy (non-hydrogen) atoms. The molecule has 2 aromatic heterocycles. The van der Waals surface area contributed by atoms with Crippen LogP contribution in [0.5, 0.6) is 0 Å². The van der Waals surface area contributed by atoms with E-state index >= 15 is 0 Å². The summed E-state index contributed by atoms with van der Waals surface area (Å²) in [4.78, 5) is 54.3. The summed E-state index contributed by atoms with van der Waals surface area (Å²) in [7, 11) is 0. The number of halogens is 3. The number of carboxylic acids is 1. The van der Waals surface area contributed by atoms with Gasteiger partial charge in [-0.1, -0.05) is 18.9 Å². The van der Waals surface area contributed by atoms with Crippen LogP contribution in [0.4, 0.5) is 24.8 Å². The lowest BCUT2D eigenvalue weighted by atomic mass is 10.0. The Balaban J connectivity index is 0.000000638. The summed E-state index contributed by atoms with van der Waals surface area (Å²) < 4.78 is 33.0. The molecule has 6 N–H and O–H groups in total. The van der Waals surface area contributed by atoms with Gasteiger partial charge >= 0.3 is 12.1 Å². The molecule has 1 saturated carbocycles. The number of nitrogens with zero attached hydrogens (tertiary/aromatic N) is 3. The van der Waals surface area contributed by atoms with Crippen LogP contribution in [0, 0.1) is 19.8 Å². The molecule has 2 heterocycles. The van der Waals surface area contributed by atoms with Crippen LogP contribution in [0.1, 0.15) is 49.1 Å². The Morgan fingerprint density at radius 1 is 1.16 bits per heavy atom. The third-order valence-corrected chi connectivity index (χ3v) is 5.76. The number of hydrogen-bond acceptors (Lipinski definition) is 8. The zero-order valence-electron chi connectivity index (χ0n) is 20.9. The lowest BCUT2D eigenvalue weighted by Crippen LogP contribution is -2.38. The maximum absolute atomic E-state index is 12.7. The number of aliphatic carboxylic acids is 1. The molecule has 1 fully saturated rings. The molecule has 0 radical (unpaired) electrons. The molecule has 0 atom stereocenters. The lowest BCUT2D eigenvalue weighted by molar-refractivity contribution is -0.192. The summed E-state index contributed by atoms with van der Waals surface area (Å²) in [5, 5.41) is 9.91. The third kappa shape index (κ3) is 9.37. The molecule has 0 aliphatic heterocycles. The van der Waals surface area contributed by atoms with Crippen molar-refractivity contribution in [1.29, 1.82) is 0 Å². The average Bonchev–Trinajstić information content (AvgIpc) is 3.33. The van der Waals surface area contributed by atoms with Crippen molar-refractivity contribution >= 4 is 29.4 Å². The van der Waals surface area contributed by atoms with Gasteiger partial charge in [0, 0.05) is 30.6 Å². The monoisotopic (exact) mass is 541 g/mol. The summed E-state index contributed by atoms with van der Waals surface area (Å²) in [6.07, 6.45) is 1.26. The van der Waals surface area contributed by atoms with Crippen molar-refractivity contribution in [2.45, 2.75) is 65.2 Å². The van der Waals surface area contributed by atoms with Crippen molar-refractivity contribution in [2.75, 3.05) is 11.2 Å². The fourth-order valence-corrected chi connectivity index (χ4v) is 3.70. The Hall–Kier alpha value is -4.17. The van der Waals surface area contributed by atoms with Crippen LogP contribution in [-0.2, 0) is 27.5 Å². The quantitative estimate of drug-likeness (QED) is 0.311. The molecule has 2 aromatic rings. The number of anilines is 2. The maximum Gasteiger partial charge on any atom is 0.490 e. The van der Waals surface area contributed by atoms with E-state index in [0.29, 0.717) is 23.9 Å². The predicted molar refractivity (Wildman–Crippen MR) is 130 cm³/mol. The first-order valence-electron chi connectivity index (χ1n) is 11.7. The molecule has 1 aliphatic rings. The fraction of sp³-hybridized carbons (Fsp3) is 0.478. The zero-order valence-corrected chi connectivity index (χ0v) is 20.9. The van der Waals surface area contributed by atoms with Crippen LogP contribution in [0.3, 0.4) is 0 Å².